The summed E-state index contributed by atoms with van der Waals surface area (Å²) in [6.45, 7) is 3.84. The lowest BCUT2D eigenvalue weighted by Crippen LogP contribution is -2.18. The van der Waals surface area contributed by atoms with Gasteiger partial charge in [0, 0.05) is 11.4 Å². The van der Waals surface area contributed by atoms with Gasteiger partial charge in [0.15, 0.2) is 0 Å². The SMILES string of the molecule is Cc1c(C#N)c(NC(=O)CSc2nnnn2C2CCCC2)n(-c2ccccc2)c1C. The second-order valence-electron chi connectivity index (χ2n) is 7.40. The maximum absolute atomic E-state index is 12.8. The Kier molecular flexibility index (Phi) is 5.86. The number of nitrogens with one attached hydrogen (secondary N) is 1. The number of nitriles is 1. The topological polar surface area (TPSA) is 101 Å². The number of amides is 1. The average molecular weight is 422 g/mol. The molecule has 0 radical (unpaired) electrons. The third kappa shape index (κ3) is 3.83. The highest BCUT2D eigenvalue weighted by molar-refractivity contribution is 7.99. The molecule has 1 N–H and O–H groups in total. The Morgan fingerprint density at radius 3 is 2.70 bits per heavy atom. The van der Waals surface area contributed by atoms with Crippen molar-refractivity contribution in [2.24, 2.45) is 0 Å². The lowest BCUT2D eigenvalue weighted by atomic mass is 10.2. The van der Waals surface area contributed by atoms with Crippen molar-refractivity contribution in [1.29, 1.82) is 5.26 Å². The maximum Gasteiger partial charge on any atom is 0.236 e. The monoisotopic (exact) mass is 421 g/mol. The molecule has 2 aromatic heterocycles. The summed E-state index contributed by atoms with van der Waals surface area (Å²) >= 11 is 1.32. The van der Waals surface area contributed by atoms with Crippen LogP contribution in [0.25, 0.3) is 5.69 Å². The van der Waals surface area contributed by atoms with Crippen LogP contribution in [0.5, 0.6) is 0 Å². The van der Waals surface area contributed by atoms with Gasteiger partial charge in [-0.2, -0.15) is 5.26 Å². The predicted molar refractivity (Wildman–Crippen MR) is 115 cm³/mol. The Morgan fingerprint density at radius 1 is 1.27 bits per heavy atom. The van der Waals surface area contributed by atoms with E-state index < -0.39 is 0 Å². The first kappa shape index (κ1) is 20.2. The van der Waals surface area contributed by atoms with E-state index >= 15 is 0 Å². The van der Waals surface area contributed by atoms with E-state index in [0.717, 1.165) is 29.8 Å². The van der Waals surface area contributed by atoms with E-state index in [1.807, 2.05) is 53.4 Å². The molecule has 1 amide bonds. The van der Waals surface area contributed by atoms with Crippen molar-refractivity contribution in [3.05, 3.63) is 47.2 Å². The van der Waals surface area contributed by atoms with Gasteiger partial charge in [0.25, 0.3) is 0 Å². The summed E-state index contributed by atoms with van der Waals surface area (Å²) in [5, 5.41) is 25.3. The molecule has 3 aromatic rings. The molecule has 0 spiro atoms. The largest absolute Gasteiger partial charge is 0.310 e. The minimum Gasteiger partial charge on any atom is -0.310 e. The van der Waals surface area contributed by atoms with Crippen LogP contribution in [-0.2, 0) is 4.79 Å². The summed E-state index contributed by atoms with van der Waals surface area (Å²) in [4.78, 5) is 12.8. The van der Waals surface area contributed by atoms with Crippen LogP contribution in [0.1, 0.15) is 48.5 Å². The number of anilines is 1. The second-order valence-corrected chi connectivity index (χ2v) is 8.34. The van der Waals surface area contributed by atoms with Gasteiger partial charge in [-0.1, -0.05) is 42.8 Å². The highest BCUT2D eigenvalue weighted by Gasteiger charge is 2.23. The Morgan fingerprint density at radius 2 is 2.00 bits per heavy atom. The summed E-state index contributed by atoms with van der Waals surface area (Å²) in [6, 6.07) is 12.3. The molecule has 0 unspecified atom stereocenters. The normalized spacial score (nSPS) is 14.0. The van der Waals surface area contributed by atoms with E-state index in [2.05, 4.69) is 26.9 Å². The number of carbonyl (C=O) groups is 1. The molecule has 0 aliphatic heterocycles. The number of nitrogens with zero attached hydrogens (tertiary/aromatic N) is 6. The predicted octanol–water partition coefficient (Wildman–Crippen LogP) is 3.80. The Balaban J connectivity index is 1.54. The first-order valence-electron chi connectivity index (χ1n) is 9.98. The fourth-order valence-corrected chi connectivity index (χ4v) is 4.66. The number of rotatable bonds is 6. The van der Waals surface area contributed by atoms with Crippen LogP contribution < -0.4 is 5.32 Å². The molecule has 2 heterocycles. The summed E-state index contributed by atoms with van der Waals surface area (Å²) in [5.74, 6) is 0.461. The molecule has 1 fully saturated rings. The molecule has 1 aromatic carbocycles. The van der Waals surface area contributed by atoms with E-state index in [9.17, 15) is 10.1 Å². The van der Waals surface area contributed by atoms with E-state index in [4.69, 9.17) is 0 Å². The number of para-hydroxylation sites is 1. The molecule has 1 saturated carbocycles. The molecule has 1 aliphatic rings. The van der Waals surface area contributed by atoms with Crippen molar-refractivity contribution in [2.75, 3.05) is 11.1 Å². The fourth-order valence-electron chi connectivity index (χ4n) is 3.92. The highest BCUT2D eigenvalue weighted by Crippen LogP contribution is 2.32. The van der Waals surface area contributed by atoms with E-state index in [0.29, 0.717) is 22.6 Å². The molecule has 154 valence electrons. The van der Waals surface area contributed by atoms with Gasteiger partial charge in [-0.05, 0) is 54.8 Å². The third-order valence-electron chi connectivity index (χ3n) is 5.56. The quantitative estimate of drug-likeness (QED) is 0.608. The van der Waals surface area contributed by atoms with Crippen molar-refractivity contribution in [3.8, 4) is 11.8 Å². The number of aromatic nitrogens is 5. The first-order valence-corrected chi connectivity index (χ1v) is 11.0. The van der Waals surface area contributed by atoms with Crippen LogP contribution in [0.15, 0.2) is 35.5 Å². The molecule has 1 aliphatic carbocycles. The summed E-state index contributed by atoms with van der Waals surface area (Å²) in [7, 11) is 0. The molecular formula is C21H23N7OS. The molecule has 0 bridgehead atoms. The number of benzene rings is 1. The summed E-state index contributed by atoms with van der Waals surface area (Å²) in [5.41, 5.74) is 3.15. The van der Waals surface area contributed by atoms with Crippen LogP contribution in [-0.4, -0.2) is 36.4 Å². The number of hydrogen-bond acceptors (Lipinski definition) is 6. The molecule has 9 heteroatoms. The minimum atomic E-state index is -0.202. The summed E-state index contributed by atoms with van der Waals surface area (Å²) < 4.78 is 3.76. The number of thioether (sulfide) groups is 1. The van der Waals surface area contributed by atoms with Crippen LogP contribution >= 0.6 is 11.8 Å². The average Bonchev–Trinajstić information content (AvgIpc) is 3.48. The fraction of sp³-hybridized carbons (Fsp3) is 0.381. The van der Waals surface area contributed by atoms with Crippen molar-refractivity contribution in [3.63, 3.8) is 0 Å². The molecule has 0 atom stereocenters. The number of hydrogen-bond donors (Lipinski definition) is 1. The Bertz CT molecular complexity index is 1090. The van der Waals surface area contributed by atoms with E-state index in [1.54, 1.807) is 0 Å². The first-order chi connectivity index (χ1) is 14.6. The molecule has 30 heavy (non-hydrogen) atoms. The maximum atomic E-state index is 12.8. The second kappa shape index (κ2) is 8.71. The molecule has 4 rings (SSSR count). The van der Waals surface area contributed by atoms with Crippen LogP contribution in [0.3, 0.4) is 0 Å². The Hall–Kier alpha value is -3.12. The molecule has 8 nitrogen and oxygen atoms in total. The van der Waals surface area contributed by atoms with Gasteiger partial charge in [0.1, 0.15) is 11.9 Å². The van der Waals surface area contributed by atoms with Gasteiger partial charge in [-0.25, -0.2) is 4.68 Å². The molecule has 0 saturated heterocycles. The van der Waals surface area contributed by atoms with Gasteiger partial charge < -0.3 is 5.32 Å². The van der Waals surface area contributed by atoms with Gasteiger partial charge >= 0.3 is 0 Å². The van der Waals surface area contributed by atoms with Crippen molar-refractivity contribution in [2.45, 2.75) is 50.7 Å². The summed E-state index contributed by atoms with van der Waals surface area (Å²) in [6.07, 6.45) is 4.50. The van der Waals surface area contributed by atoms with Crippen LogP contribution in [0.2, 0.25) is 0 Å². The smallest absolute Gasteiger partial charge is 0.236 e. The van der Waals surface area contributed by atoms with Gasteiger partial charge in [-0.3, -0.25) is 9.36 Å². The zero-order valence-corrected chi connectivity index (χ0v) is 17.8. The standard InChI is InChI=1S/C21H23N7OS/c1-14-15(2)27(16-8-4-3-5-9-16)20(18(14)12-22)23-19(29)13-30-21-24-25-26-28(21)17-10-6-7-11-17/h3-5,8-9,17H,6-7,10-11,13H2,1-2H3,(H,23,29). The van der Waals surface area contributed by atoms with Crippen molar-refractivity contribution >= 4 is 23.5 Å². The Labute approximate surface area is 179 Å². The van der Waals surface area contributed by atoms with E-state index in [1.165, 1.54) is 24.6 Å². The van der Waals surface area contributed by atoms with Gasteiger partial charge in [0.05, 0.1) is 17.4 Å². The number of carbonyl (C=O) groups excluding carboxylic acids is 1. The lowest BCUT2D eigenvalue weighted by molar-refractivity contribution is -0.113. The highest BCUT2D eigenvalue weighted by atomic mass is 32.2. The van der Waals surface area contributed by atoms with Crippen molar-refractivity contribution < 1.29 is 4.79 Å². The zero-order valence-electron chi connectivity index (χ0n) is 17.0. The van der Waals surface area contributed by atoms with Crippen LogP contribution in [0, 0.1) is 25.2 Å². The van der Waals surface area contributed by atoms with Gasteiger partial charge in [-0.15, -0.1) is 5.10 Å². The lowest BCUT2D eigenvalue weighted by Gasteiger charge is -2.13. The van der Waals surface area contributed by atoms with E-state index in [-0.39, 0.29) is 11.7 Å². The molecular weight excluding hydrogens is 398 g/mol. The minimum absolute atomic E-state index is 0.163. The van der Waals surface area contributed by atoms with Crippen molar-refractivity contribution in [1.82, 2.24) is 24.8 Å². The number of tetrazole rings is 1. The zero-order chi connectivity index (χ0) is 21.1. The van der Waals surface area contributed by atoms with Gasteiger partial charge in [0.2, 0.25) is 11.1 Å². The van der Waals surface area contributed by atoms with Crippen LogP contribution in [0.4, 0.5) is 5.82 Å². The third-order valence-corrected chi connectivity index (χ3v) is 6.50.